The van der Waals surface area contributed by atoms with Crippen molar-refractivity contribution >= 4 is 34.4 Å². The van der Waals surface area contributed by atoms with Crippen LogP contribution in [0.4, 0.5) is 5.69 Å². The van der Waals surface area contributed by atoms with Crippen molar-refractivity contribution in [3.8, 4) is 0 Å². The van der Waals surface area contributed by atoms with E-state index in [1.807, 2.05) is 61.5 Å². The summed E-state index contributed by atoms with van der Waals surface area (Å²) in [6.07, 6.45) is 3.75. The summed E-state index contributed by atoms with van der Waals surface area (Å²) >= 11 is 0. The van der Waals surface area contributed by atoms with Gasteiger partial charge in [-0.25, -0.2) is 4.98 Å². The Morgan fingerprint density at radius 1 is 1.27 bits per heavy atom. The van der Waals surface area contributed by atoms with E-state index in [-0.39, 0.29) is 31.4 Å². The lowest BCUT2D eigenvalue weighted by Crippen LogP contribution is -2.54. The smallest absolute Gasteiger partial charge is 0.319 e. The van der Waals surface area contributed by atoms with Gasteiger partial charge in [-0.15, -0.1) is 0 Å². The highest BCUT2D eigenvalue weighted by Gasteiger charge is 2.41. The molecule has 1 aliphatic rings. The second-order valence-electron chi connectivity index (χ2n) is 9.09. The minimum absolute atomic E-state index is 0.0949. The van der Waals surface area contributed by atoms with Crippen LogP contribution in [-0.4, -0.2) is 53.4 Å². The number of rotatable bonds is 10. The molecule has 1 aromatic heterocycles. The number of H-pyrrole nitrogens is 1. The zero-order valence-corrected chi connectivity index (χ0v) is 21.3. The fourth-order valence-corrected chi connectivity index (χ4v) is 4.69. The van der Waals surface area contributed by atoms with Crippen LogP contribution >= 0.6 is 0 Å². The van der Waals surface area contributed by atoms with Gasteiger partial charge in [0, 0.05) is 12.2 Å². The van der Waals surface area contributed by atoms with Crippen molar-refractivity contribution in [1.82, 2.24) is 20.6 Å². The predicted molar refractivity (Wildman–Crippen MR) is 143 cm³/mol. The summed E-state index contributed by atoms with van der Waals surface area (Å²) < 4.78 is 5.08. The van der Waals surface area contributed by atoms with Gasteiger partial charge in [-0.05, 0) is 50.1 Å². The summed E-state index contributed by atoms with van der Waals surface area (Å²) in [5.74, 6) is 0.00259. The number of esters is 1. The van der Waals surface area contributed by atoms with Crippen LogP contribution in [-0.2, 0) is 26.4 Å². The second kappa shape index (κ2) is 10.9. The number of imidazole rings is 1. The van der Waals surface area contributed by atoms with Crippen LogP contribution in [0.15, 0.2) is 54.6 Å². The first-order valence-corrected chi connectivity index (χ1v) is 12.2. The molecule has 0 amide bonds. The van der Waals surface area contributed by atoms with E-state index in [1.54, 1.807) is 18.7 Å². The maximum Gasteiger partial charge on any atom is 0.319 e. The van der Waals surface area contributed by atoms with Gasteiger partial charge in [-0.3, -0.25) is 20.3 Å². The molecule has 2 aromatic carbocycles. The van der Waals surface area contributed by atoms with Crippen molar-refractivity contribution in [2.45, 2.75) is 38.9 Å². The SMILES string of the molecule is CCOC(=O)CNC(C)(C(=O)C1C=CCN1)c1ccc2[nH]c(CN(C(=N)N)c3ccccc3)nc2c1C. The van der Waals surface area contributed by atoms with Gasteiger partial charge in [-0.1, -0.05) is 36.4 Å². The Morgan fingerprint density at radius 3 is 2.68 bits per heavy atom. The number of aromatic amines is 1. The Bertz CT molecular complexity index is 1330. The van der Waals surface area contributed by atoms with Crippen molar-refractivity contribution in [2.75, 3.05) is 24.6 Å². The fourth-order valence-electron chi connectivity index (χ4n) is 4.69. The minimum atomic E-state index is -1.17. The van der Waals surface area contributed by atoms with Crippen LogP contribution in [0.25, 0.3) is 11.0 Å². The van der Waals surface area contributed by atoms with Crippen molar-refractivity contribution in [3.63, 3.8) is 0 Å². The monoisotopic (exact) mass is 503 g/mol. The van der Waals surface area contributed by atoms with E-state index in [0.717, 1.165) is 22.3 Å². The largest absolute Gasteiger partial charge is 0.465 e. The van der Waals surface area contributed by atoms with E-state index in [1.165, 1.54) is 0 Å². The number of aryl methyl sites for hydroxylation is 1. The number of carbonyl (C=O) groups is 2. The maximum atomic E-state index is 13.7. The van der Waals surface area contributed by atoms with Crippen molar-refractivity contribution in [2.24, 2.45) is 5.73 Å². The van der Waals surface area contributed by atoms with E-state index < -0.39 is 17.6 Å². The number of nitrogens with one attached hydrogen (secondary N) is 4. The highest BCUT2D eigenvalue weighted by Crippen LogP contribution is 2.31. The molecule has 0 fully saturated rings. The average Bonchev–Trinajstić information content (AvgIpc) is 3.57. The van der Waals surface area contributed by atoms with E-state index in [4.69, 9.17) is 20.9 Å². The number of benzene rings is 2. The first-order chi connectivity index (χ1) is 17.7. The Morgan fingerprint density at radius 2 is 2.03 bits per heavy atom. The summed E-state index contributed by atoms with van der Waals surface area (Å²) in [7, 11) is 0. The van der Waals surface area contributed by atoms with Gasteiger partial charge in [0.25, 0.3) is 0 Å². The third kappa shape index (κ3) is 5.40. The van der Waals surface area contributed by atoms with Gasteiger partial charge in [0.1, 0.15) is 11.4 Å². The number of guanidine groups is 1. The Hall–Kier alpha value is -4.02. The van der Waals surface area contributed by atoms with Gasteiger partial charge in [0.05, 0.1) is 36.8 Å². The highest BCUT2D eigenvalue weighted by molar-refractivity contribution is 5.97. The van der Waals surface area contributed by atoms with Crippen LogP contribution in [0, 0.1) is 12.3 Å². The average molecular weight is 504 g/mol. The van der Waals surface area contributed by atoms with Gasteiger partial charge in [-0.2, -0.15) is 0 Å². The number of hydrogen-bond donors (Lipinski definition) is 5. The number of nitrogens with zero attached hydrogens (tertiary/aromatic N) is 2. The topological polar surface area (TPSA) is 149 Å². The third-order valence-electron chi connectivity index (χ3n) is 6.61. The Kier molecular flexibility index (Phi) is 7.70. The molecule has 37 heavy (non-hydrogen) atoms. The molecule has 10 nitrogen and oxygen atoms in total. The highest BCUT2D eigenvalue weighted by atomic mass is 16.5. The standard InChI is InChI=1S/C27H33N7O3/c1-4-37-23(35)15-31-27(3,25(36)21-11-8-14-30-21)19-12-13-20-24(17(19)2)33-22(32-20)16-34(26(28)29)18-9-6-5-7-10-18/h5-13,21,30-31H,4,14-16H2,1-3H3,(H3,28,29)(H,32,33). The third-order valence-corrected chi connectivity index (χ3v) is 6.61. The molecule has 1 aliphatic heterocycles. The van der Waals surface area contributed by atoms with E-state index in [2.05, 4.69) is 15.6 Å². The van der Waals surface area contributed by atoms with Gasteiger partial charge < -0.3 is 25.7 Å². The Balaban J connectivity index is 1.70. The quantitative estimate of drug-likeness (QED) is 0.122. The van der Waals surface area contributed by atoms with E-state index in [9.17, 15) is 9.59 Å². The molecule has 0 saturated heterocycles. The number of hydrogen-bond acceptors (Lipinski definition) is 7. The molecule has 0 saturated carbocycles. The lowest BCUT2D eigenvalue weighted by Gasteiger charge is -2.33. The molecule has 2 heterocycles. The van der Waals surface area contributed by atoms with Crippen LogP contribution < -0.4 is 21.3 Å². The zero-order valence-electron chi connectivity index (χ0n) is 21.3. The Labute approximate surface area is 215 Å². The van der Waals surface area contributed by atoms with Gasteiger partial charge >= 0.3 is 5.97 Å². The summed E-state index contributed by atoms with van der Waals surface area (Å²) in [6, 6.07) is 12.7. The number of nitrogens with two attached hydrogens (primary N) is 1. The fraction of sp³-hybridized carbons (Fsp3) is 0.333. The van der Waals surface area contributed by atoms with Crippen LogP contribution in [0.1, 0.15) is 30.8 Å². The molecule has 2 unspecified atom stereocenters. The number of anilines is 1. The zero-order chi connectivity index (χ0) is 26.6. The van der Waals surface area contributed by atoms with Crippen LogP contribution in [0.2, 0.25) is 0 Å². The summed E-state index contributed by atoms with van der Waals surface area (Å²) in [5.41, 5.74) is 8.51. The number of aromatic nitrogens is 2. The van der Waals surface area contributed by atoms with Crippen LogP contribution in [0.3, 0.4) is 0 Å². The van der Waals surface area contributed by atoms with Crippen molar-refractivity contribution < 1.29 is 14.3 Å². The first kappa shape index (κ1) is 26.1. The molecule has 0 bridgehead atoms. The summed E-state index contributed by atoms with van der Waals surface area (Å²) in [5, 5.41) is 14.4. The van der Waals surface area contributed by atoms with E-state index in [0.29, 0.717) is 17.9 Å². The van der Waals surface area contributed by atoms with E-state index >= 15 is 0 Å². The number of carbonyl (C=O) groups excluding carboxylic acids is 2. The summed E-state index contributed by atoms with van der Waals surface area (Å²) in [6.45, 7) is 6.48. The lowest BCUT2D eigenvalue weighted by atomic mass is 9.81. The molecule has 6 N–H and O–H groups in total. The predicted octanol–water partition coefficient (Wildman–Crippen LogP) is 2.24. The number of ether oxygens (including phenoxy) is 1. The number of ketones is 1. The number of Topliss-reactive ketones (excluding diaryl/α,β-unsaturated/α-hetero) is 1. The molecule has 10 heteroatoms. The number of fused-ring (bicyclic) bond motifs is 1. The van der Waals surface area contributed by atoms with Crippen molar-refractivity contribution in [1.29, 1.82) is 5.41 Å². The molecule has 194 valence electrons. The van der Waals surface area contributed by atoms with Gasteiger partial charge in [0.15, 0.2) is 11.7 Å². The normalized spacial score (nSPS) is 16.5. The minimum Gasteiger partial charge on any atom is -0.465 e. The molecule has 0 spiro atoms. The first-order valence-electron chi connectivity index (χ1n) is 12.2. The molecule has 0 aliphatic carbocycles. The van der Waals surface area contributed by atoms with Crippen LogP contribution in [0.5, 0.6) is 0 Å². The molecule has 2 atom stereocenters. The van der Waals surface area contributed by atoms with Gasteiger partial charge in [0.2, 0.25) is 0 Å². The molecule has 0 radical (unpaired) electrons. The lowest BCUT2D eigenvalue weighted by molar-refractivity contribution is -0.142. The molecular weight excluding hydrogens is 470 g/mol. The summed E-state index contributed by atoms with van der Waals surface area (Å²) in [4.78, 5) is 35.6. The maximum absolute atomic E-state index is 13.7. The molecule has 4 rings (SSSR count). The number of para-hydroxylation sites is 1. The molecular formula is C27H33N7O3. The second-order valence-corrected chi connectivity index (χ2v) is 9.09. The van der Waals surface area contributed by atoms with Crippen molar-refractivity contribution in [3.05, 3.63) is 71.6 Å². The molecule has 3 aromatic rings.